The van der Waals surface area contributed by atoms with E-state index in [0.29, 0.717) is 22.5 Å². The van der Waals surface area contributed by atoms with Gasteiger partial charge in [-0.3, -0.25) is 10.1 Å². The molecule has 1 heterocycles. The van der Waals surface area contributed by atoms with Crippen molar-refractivity contribution >= 4 is 17.8 Å². The molecule has 5 aromatic rings. The molecule has 172 valence electrons. The average Bonchev–Trinajstić information content (AvgIpc) is 3.31. The van der Waals surface area contributed by atoms with Crippen LogP contribution in [0.25, 0.3) is 33.6 Å². The Morgan fingerprint density at radius 3 is 1.89 bits per heavy atom. The second kappa shape index (κ2) is 9.92. The molecular weight excluding hydrogens is 450 g/mol. The van der Waals surface area contributed by atoms with E-state index in [1.54, 1.807) is 12.1 Å². The highest BCUT2D eigenvalue weighted by Gasteiger charge is 2.22. The van der Waals surface area contributed by atoms with Crippen LogP contribution in [0.1, 0.15) is 11.1 Å². The first-order valence-corrected chi connectivity index (χ1v) is 11.2. The van der Waals surface area contributed by atoms with Crippen LogP contribution < -0.4 is 0 Å². The lowest BCUT2D eigenvalue weighted by Crippen LogP contribution is -1.88. The smallest absolute Gasteiger partial charge is 0.269 e. The summed E-state index contributed by atoms with van der Waals surface area (Å²) in [5.74, 6) is 0.727. The van der Waals surface area contributed by atoms with Crippen LogP contribution in [0.3, 0.4) is 0 Å². The lowest BCUT2D eigenvalue weighted by molar-refractivity contribution is -0.384. The molecule has 1 aromatic heterocycles. The third-order valence-corrected chi connectivity index (χ3v) is 5.75. The maximum atomic E-state index is 10.9. The summed E-state index contributed by atoms with van der Waals surface area (Å²) in [5.41, 5.74) is 5.48. The molecule has 4 aromatic carbocycles. The largest absolute Gasteiger partial charge is 0.436 e. The quantitative estimate of drug-likeness (QED) is 0.144. The number of furan rings is 1. The Balaban J connectivity index is 1.58. The van der Waals surface area contributed by atoms with Crippen LogP contribution in [-0.2, 0) is 0 Å². The van der Waals surface area contributed by atoms with Crippen molar-refractivity contribution in [1.29, 1.82) is 5.26 Å². The first-order valence-electron chi connectivity index (χ1n) is 11.2. The van der Waals surface area contributed by atoms with Crippen LogP contribution in [0.4, 0.5) is 11.6 Å². The van der Waals surface area contributed by atoms with E-state index in [-0.39, 0.29) is 11.6 Å². The van der Waals surface area contributed by atoms with E-state index in [2.05, 4.69) is 23.2 Å². The molecule has 5 rings (SSSR count). The molecule has 0 aliphatic carbocycles. The lowest BCUT2D eigenvalue weighted by Gasteiger charge is -2.06. The SMILES string of the molecule is N#Cc1c(N=Cc2ccc([N+](=O)[O-])cc2)oc(-c2ccc(-c3ccccc3)cc2)c1-c1ccccc1. The monoisotopic (exact) mass is 469 g/mol. The standard InChI is InChI=1S/C30H19N3O3/c31-19-27-28(24-9-5-2-6-10-24)29(25-15-13-23(14-16-25)22-7-3-1-4-8-22)36-30(27)32-20-21-11-17-26(18-12-21)33(34)35/h1-18,20H. The van der Waals surface area contributed by atoms with E-state index >= 15 is 0 Å². The number of benzene rings is 4. The Labute approximate surface area is 207 Å². The molecule has 0 spiro atoms. The minimum absolute atomic E-state index is 0.00420. The molecule has 0 unspecified atom stereocenters. The fourth-order valence-corrected chi connectivity index (χ4v) is 3.96. The summed E-state index contributed by atoms with van der Waals surface area (Å²) in [6.45, 7) is 0. The Morgan fingerprint density at radius 1 is 0.750 bits per heavy atom. The van der Waals surface area contributed by atoms with Crippen LogP contribution in [0.15, 0.2) is 119 Å². The van der Waals surface area contributed by atoms with Gasteiger partial charge in [0.05, 0.1) is 4.92 Å². The van der Waals surface area contributed by atoms with Crippen LogP contribution >= 0.6 is 0 Å². The predicted octanol–water partition coefficient (Wildman–Crippen LogP) is 7.81. The molecule has 0 saturated heterocycles. The third kappa shape index (κ3) is 4.54. The molecule has 0 bridgehead atoms. The van der Waals surface area contributed by atoms with E-state index in [1.807, 2.05) is 72.8 Å². The number of hydrogen-bond donors (Lipinski definition) is 0. The molecule has 6 nitrogen and oxygen atoms in total. The fraction of sp³-hybridized carbons (Fsp3) is 0. The highest BCUT2D eigenvalue weighted by molar-refractivity contribution is 5.90. The molecule has 0 radical (unpaired) electrons. The minimum atomic E-state index is -0.456. The number of hydrogen-bond acceptors (Lipinski definition) is 5. The van der Waals surface area contributed by atoms with E-state index in [9.17, 15) is 15.4 Å². The molecule has 0 aliphatic rings. The first-order chi connectivity index (χ1) is 17.6. The van der Waals surface area contributed by atoms with Gasteiger partial charge in [0.15, 0.2) is 0 Å². The molecule has 0 aliphatic heterocycles. The zero-order chi connectivity index (χ0) is 24.9. The van der Waals surface area contributed by atoms with Gasteiger partial charge in [-0.05, 0) is 34.4 Å². The molecule has 6 heteroatoms. The van der Waals surface area contributed by atoms with Gasteiger partial charge in [-0.15, -0.1) is 0 Å². The fourth-order valence-electron chi connectivity index (χ4n) is 3.96. The Morgan fingerprint density at radius 2 is 1.31 bits per heavy atom. The van der Waals surface area contributed by atoms with Crippen molar-refractivity contribution in [2.75, 3.05) is 0 Å². The van der Waals surface area contributed by atoms with E-state index < -0.39 is 4.92 Å². The van der Waals surface area contributed by atoms with Crippen LogP contribution in [0.5, 0.6) is 0 Å². The predicted molar refractivity (Wildman–Crippen MR) is 140 cm³/mol. The Bertz CT molecular complexity index is 1580. The third-order valence-electron chi connectivity index (χ3n) is 5.75. The van der Waals surface area contributed by atoms with E-state index in [0.717, 1.165) is 22.3 Å². The second-order valence-corrected chi connectivity index (χ2v) is 8.01. The van der Waals surface area contributed by atoms with Crippen molar-refractivity contribution in [1.82, 2.24) is 0 Å². The van der Waals surface area contributed by atoms with Crippen molar-refractivity contribution in [3.63, 3.8) is 0 Å². The van der Waals surface area contributed by atoms with Gasteiger partial charge in [0.2, 0.25) is 5.88 Å². The molecule has 0 fully saturated rings. The molecule has 0 N–H and O–H groups in total. The summed E-state index contributed by atoms with van der Waals surface area (Å²) in [6, 6.07) is 35.9. The number of nitro groups is 1. The van der Waals surface area contributed by atoms with Crippen molar-refractivity contribution in [3.8, 4) is 39.6 Å². The van der Waals surface area contributed by atoms with Gasteiger partial charge >= 0.3 is 0 Å². The Kier molecular flexibility index (Phi) is 6.20. The van der Waals surface area contributed by atoms with Crippen molar-refractivity contribution < 1.29 is 9.34 Å². The van der Waals surface area contributed by atoms with Gasteiger partial charge in [0.25, 0.3) is 5.69 Å². The highest BCUT2D eigenvalue weighted by Crippen LogP contribution is 2.42. The van der Waals surface area contributed by atoms with Crippen molar-refractivity contribution in [2.45, 2.75) is 0 Å². The highest BCUT2D eigenvalue weighted by atomic mass is 16.6. The zero-order valence-corrected chi connectivity index (χ0v) is 19.0. The second-order valence-electron chi connectivity index (χ2n) is 8.01. The molecule has 0 saturated carbocycles. The maximum Gasteiger partial charge on any atom is 0.269 e. The topological polar surface area (TPSA) is 92.4 Å². The van der Waals surface area contributed by atoms with Gasteiger partial charge < -0.3 is 4.42 Å². The zero-order valence-electron chi connectivity index (χ0n) is 19.0. The Hall–Kier alpha value is -5.28. The van der Waals surface area contributed by atoms with E-state index in [1.165, 1.54) is 18.3 Å². The summed E-state index contributed by atoms with van der Waals surface area (Å²) < 4.78 is 6.18. The maximum absolute atomic E-state index is 10.9. The van der Waals surface area contributed by atoms with Gasteiger partial charge in [0, 0.05) is 29.5 Å². The summed E-state index contributed by atoms with van der Waals surface area (Å²) in [4.78, 5) is 14.9. The van der Waals surface area contributed by atoms with Gasteiger partial charge in [-0.1, -0.05) is 84.9 Å². The first kappa shape index (κ1) is 22.5. The number of nitrogens with zero attached hydrogens (tertiary/aromatic N) is 3. The van der Waals surface area contributed by atoms with Crippen LogP contribution in [0.2, 0.25) is 0 Å². The molecule has 0 atom stereocenters. The lowest BCUT2D eigenvalue weighted by atomic mass is 9.97. The normalized spacial score (nSPS) is 10.9. The minimum Gasteiger partial charge on any atom is -0.436 e. The van der Waals surface area contributed by atoms with Crippen LogP contribution in [0, 0.1) is 21.4 Å². The van der Waals surface area contributed by atoms with Crippen LogP contribution in [-0.4, -0.2) is 11.1 Å². The van der Waals surface area contributed by atoms with Crippen molar-refractivity contribution in [2.24, 2.45) is 4.99 Å². The number of nitriles is 1. The number of non-ortho nitro benzene ring substituents is 1. The van der Waals surface area contributed by atoms with E-state index in [4.69, 9.17) is 4.42 Å². The average molecular weight is 470 g/mol. The number of aliphatic imine (C=N–C) groups is 1. The summed E-state index contributed by atoms with van der Waals surface area (Å²) in [5, 5.41) is 21.0. The van der Waals surface area contributed by atoms with Gasteiger partial charge in [0.1, 0.15) is 17.4 Å². The molecule has 0 amide bonds. The summed E-state index contributed by atoms with van der Waals surface area (Å²) >= 11 is 0. The van der Waals surface area contributed by atoms with Gasteiger partial charge in [-0.2, -0.15) is 5.26 Å². The summed E-state index contributed by atoms with van der Waals surface area (Å²) in [7, 11) is 0. The molecular formula is C30H19N3O3. The molecule has 36 heavy (non-hydrogen) atoms. The van der Waals surface area contributed by atoms with Crippen molar-refractivity contribution in [3.05, 3.63) is 130 Å². The summed E-state index contributed by atoms with van der Waals surface area (Å²) in [6.07, 6.45) is 1.53. The number of rotatable bonds is 6. The van der Waals surface area contributed by atoms with Gasteiger partial charge in [-0.25, -0.2) is 4.99 Å². The number of nitro benzene ring substituents is 1.